The van der Waals surface area contributed by atoms with Crippen LogP contribution in [0.2, 0.25) is 0 Å². The fourth-order valence-electron chi connectivity index (χ4n) is 3.83. The molecule has 0 saturated heterocycles. The normalized spacial score (nSPS) is 29.7. The molecule has 0 spiro atoms. The number of carbonyl (C=O) groups is 2. The Balaban J connectivity index is 1.65. The Morgan fingerprint density at radius 1 is 1.36 bits per heavy atom. The van der Waals surface area contributed by atoms with Gasteiger partial charge in [0, 0.05) is 24.5 Å². The van der Waals surface area contributed by atoms with Gasteiger partial charge in [0.05, 0.1) is 13.0 Å². The molecule has 3 rings (SSSR count). The molecule has 5 nitrogen and oxygen atoms in total. The number of pyridine rings is 1. The number of amides is 1. The van der Waals surface area contributed by atoms with Gasteiger partial charge in [0.15, 0.2) is 0 Å². The van der Waals surface area contributed by atoms with Gasteiger partial charge in [0.1, 0.15) is 0 Å². The molecule has 0 aliphatic heterocycles. The van der Waals surface area contributed by atoms with Crippen LogP contribution in [0.3, 0.4) is 0 Å². The van der Waals surface area contributed by atoms with Gasteiger partial charge in [-0.15, -0.1) is 0 Å². The van der Waals surface area contributed by atoms with Crippen molar-refractivity contribution in [2.45, 2.75) is 25.3 Å². The molecule has 2 aliphatic carbocycles. The first kappa shape index (κ1) is 14.8. The Morgan fingerprint density at radius 3 is 2.91 bits per heavy atom. The van der Waals surface area contributed by atoms with E-state index in [2.05, 4.69) is 10.3 Å². The highest BCUT2D eigenvalue weighted by Gasteiger charge is 2.51. The van der Waals surface area contributed by atoms with Crippen molar-refractivity contribution in [2.24, 2.45) is 17.8 Å². The maximum atomic E-state index is 12.1. The number of hydrogen-bond donors (Lipinski definition) is 1. The lowest BCUT2D eigenvalue weighted by Gasteiger charge is -2.29. The molecule has 116 valence electrons. The van der Waals surface area contributed by atoms with Gasteiger partial charge in [-0.1, -0.05) is 6.07 Å². The third kappa shape index (κ3) is 2.89. The zero-order valence-electron chi connectivity index (χ0n) is 12.6. The number of esters is 1. The summed E-state index contributed by atoms with van der Waals surface area (Å²) in [5.74, 6) is 0.179. The third-order valence-corrected chi connectivity index (χ3v) is 4.81. The minimum atomic E-state index is -0.200. The predicted octanol–water partition coefficient (Wildman–Crippen LogP) is 1.80. The van der Waals surface area contributed by atoms with Crippen LogP contribution in [0.5, 0.6) is 0 Å². The average molecular weight is 300 g/mol. The minimum absolute atomic E-state index is 0.0998. The Bertz CT molecular complexity index is 585. The van der Waals surface area contributed by atoms with E-state index in [1.807, 2.05) is 12.1 Å². The van der Waals surface area contributed by atoms with Crippen molar-refractivity contribution in [3.8, 4) is 0 Å². The molecule has 2 fully saturated rings. The van der Waals surface area contributed by atoms with Crippen LogP contribution in [0.15, 0.2) is 30.6 Å². The number of methoxy groups -OCH3 is 1. The summed E-state index contributed by atoms with van der Waals surface area (Å²) < 4.78 is 4.91. The molecule has 1 amide bonds. The van der Waals surface area contributed by atoms with E-state index in [9.17, 15) is 9.59 Å². The number of nitrogens with one attached hydrogen (secondary N) is 1. The van der Waals surface area contributed by atoms with Crippen LogP contribution in [0, 0.1) is 17.8 Å². The van der Waals surface area contributed by atoms with Crippen molar-refractivity contribution >= 4 is 18.0 Å². The van der Waals surface area contributed by atoms with E-state index in [1.165, 1.54) is 13.2 Å². The molecule has 4 atom stereocenters. The van der Waals surface area contributed by atoms with Crippen molar-refractivity contribution in [3.05, 3.63) is 36.2 Å². The molecule has 0 radical (unpaired) electrons. The van der Waals surface area contributed by atoms with Gasteiger partial charge in [-0.3, -0.25) is 14.6 Å². The monoisotopic (exact) mass is 300 g/mol. The minimum Gasteiger partial charge on any atom is -0.469 e. The summed E-state index contributed by atoms with van der Waals surface area (Å²) in [6, 6.07) is 3.60. The Kier molecular flexibility index (Phi) is 4.22. The molecular formula is C17H20N2O3. The van der Waals surface area contributed by atoms with Gasteiger partial charge in [0.25, 0.3) is 0 Å². The molecule has 2 saturated carbocycles. The topological polar surface area (TPSA) is 68.3 Å². The third-order valence-electron chi connectivity index (χ3n) is 4.81. The largest absolute Gasteiger partial charge is 0.469 e. The maximum Gasteiger partial charge on any atom is 0.311 e. The van der Waals surface area contributed by atoms with Gasteiger partial charge >= 0.3 is 5.97 Å². The molecule has 22 heavy (non-hydrogen) atoms. The molecular weight excluding hydrogens is 280 g/mol. The van der Waals surface area contributed by atoms with Crippen molar-refractivity contribution in [3.63, 3.8) is 0 Å². The summed E-state index contributed by atoms with van der Waals surface area (Å²) in [5.41, 5.74) is 0.870. The van der Waals surface area contributed by atoms with E-state index >= 15 is 0 Å². The zero-order valence-corrected chi connectivity index (χ0v) is 12.6. The van der Waals surface area contributed by atoms with Crippen LogP contribution < -0.4 is 5.32 Å². The van der Waals surface area contributed by atoms with Gasteiger partial charge < -0.3 is 10.1 Å². The van der Waals surface area contributed by atoms with Crippen LogP contribution in [0.1, 0.15) is 24.8 Å². The SMILES string of the molecule is COC(=O)[C@@H]1[C@H]2CC[C@@H](C2)[C@@H]1NC(=O)/C=C/c1cccnc1. The number of rotatable bonds is 4. The number of ether oxygens (including phenoxy) is 1. The fourth-order valence-corrected chi connectivity index (χ4v) is 3.83. The molecule has 1 aromatic rings. The molecule has 1 aromatic heterocycles. The van der Waals surface area contributed by atoms with Gasteiger partial charge in [-0.2, -0.15) is 0 Å². The second-order valence-corrected chi connectivity index (χ2v) is 6.04. The molecule has 1 N–H and O–H groups in total. The van der Waals surface area contributed by atoms with Crippen LogP contribution >= 0.6 is 0 Å². The predicted molar refractivity (Wildman–Crippen MR) is 81.5 cm³/mol. The summed E-state index contributed by atoms with van der Waals surface area (Å²) >= 11 is 0. The number of nitrogens with zero attached hydrogens (tertiary/aromatic N) is 1. The van der Waals surface area contributed by atoms with Crippen LogP contribution in [-0.4, -0.2) is 30.0 Å². The summed E-state index contributed by atoms with van der Waals surface area (Å²) in [7, 11) is 1.41. The quantitative estimate of drug-likeness (QED) is 0.680. The van der Waals surface area contributed by atoms with E-state index in [0.717, 1.165) is 24.8 Å². The van der Waals surface area contributed by atoms with Crippen molar-refractivity contribution < 1.29 is 14.3 Å². The highest BCUT2D eigenvalue weighted by atomic mass is 16.5. The van der Waals surface area contributed by atoms with Crippen molar-refractivity contribution in [2.75, 3.05) is 7.11 Å². The Morgan fingerprint density at radius 2 is 2.18 bits per heavy atom. The van der Waals surface area contributed by atoms with E-state index in [1.54, 1.807) is 18.5 Å². The first-order valence-corrected chi connectivity index (χ1v) is 7.65. The lowest BCUT2D eigenvalue weighted by molar-refractivity contribution is -0.148. The first-order valence-electron chi connectivity index (χ1n) is 7.65. The van der Waals surface area contributed by atoms with Crippen LogP contribution in [0.4, 0.5) is 0 Å². The Hall–Kier alpha value is -2.17. The van der Waals surface area contributed by atoms with Gasteiger partial charge in [-0.25, -0.2) is 0 Å². The summed E-state index contributed by atoms with van der Waals surface area (Å²) in [6.07, 6.45) is 9.75. The van der Waals surface area contributed by atoms with Crippen LogP contribution in [-0.2, 0) is 14.3 Å². The second kappa shape index (κ2) is 6.30. The molecule has 0 aromatic carbocycles. The lowest BCUT2D eigenvalue weighted by Crippen LogP contribution is -2.46. The maximum absolute atomic E-state index is 12.1. The van der Waals surface area contributed by atoms with E-state index < -0.39 is 0 Å². The number of carbonyl (C=O) groups excluding carboxylic acids is 2. The van der Waals surface area contributed by atoms with E-state index in [0.29, 0.717) is 11.8 Å². The first-order chi connectivity index (χ1) is 10.7. The van der Waals surface area contributed by atoms with Crippen molar-refractivity contribution in [1.29, 1.82) is 0 Å². The number of fused-ring (bicyclic) bond motifs is 2. The average Bonchev–Trinajstić information content (AvgIpc) is 3.14. The standard InChI is InChI=1S/C17H20N2O3/c1-22-17(21)15-12-5-6-13(9-12)16(15)19-14(20)7-4-11-3-2-8-18-10-11/h2-4,7-8,10,12-13,15-16H,5-6,9H2,1H3,(H,19,20)/b7-4+/t12-,13-,15+,16-/m0/s1. The Labute approximate surface area is 129 Å². The van der Waals surface area contributed by atoms with Crippen LogP contribution in [0.25, 0.3) is 6.08 Å². The highest BCUT2D eigenvalue weighted by Crippen LogP contribution is 2.48. The van der Waals surface area contributed by atoms with E-state index in [4.69, 9.17) is 4.74 Å². The second-order valence-electron chi connectivity index (χ2n) is 6.04. The van der Waals surface area contributed by atoms with Gasteiger partial charge in [-0.05, 0) is 48.8 Å². The fraction of sp³-hybridized carbons (Fsp3) is 0.471. The summed E-state index contributed by atoms with van der Waals surface area (Å²) in [5, 5.41) is 3.00. The molecule has 1 heterocycles. The highest BCUT2D eigenvalue weighted by molar-refractivity contribution is 5.92. The number of aromatic nitrogens is 1. The smallest absolute Gasteiger partial charge is 0.311 e. The summed E-state index contributed by atoms with van der Waals surface area (Å²) in [4.78, 5) is 28.1. The number of hydrogen-bond acceptors (Lipinski definition) is 4. The summed E-state index contributed by atoms with van der Waals surface area (Å²) in [6.45, 7) is 0. The lowest BCUT2D eigenvalue weighted by atomic mass is 9.84. The molecule has 2 aliphatic rings. The van der Waals surface area contributed by atoms with Gasteiger partial charge in [0.2, 0.25) is 5.91 Å². The zero-order chi connectivity index (χ0) is 15.5. The molecule has 0 unspecified atom stereocenters. The van der Waals surface area contributed by atoms with E-state index in [-0.39, 0.29) is 23.8 Å². The van der Waals surface area contributed by atoms with Crippen molar-refractivity contribution in [1.82, 2.24) is 10.3 Å². The molecule has 5 heteroatoms. The molecule has 2 bridgehead atoms.